The smallest absolute Gasteiger partial charge is 0.327 e. The van der Waals surface area contributed by atoms with E-state index >= 15 is 0 Å². The molecule has 1 aromatic carbocycles. The summed E-state index contributed by atoms with van der Waals surface area (Å²) in [7, 11) is 0. The second-order valence-electron chi connectivity index (χ2n) is 8.71. The Balaban J connectivity index is 2.07. The number of thiol groups is 1. The van der Waals surface area contributed by atoms with Crippen LogP contribution in [-0.2, 0) is 25.6 Å². The third-order valence-electron chi connectivity index (χ3n) is 5.56. The molecule has 192 valence electrons. The number of carbonyl (C=O) groups excluding carboxylic acids is 3. The third kappa shape index (κ3) is 7.44. The zero-order valence-corrected chi connectivity index (χ0v) is 20.7. The van der Waals surface area contributed by atoms with Crippen LogP contribution in [0.15, 0.2) is 30.5 Å². The lowest BCUT2D eigenvalue weighted by molar-refractivity contribution is -0.142. The van der Waals surface area contributed by atoms with Gasteiger partial charge in [0.1, 0.15) is 18.1 Å². The Bertz CT molecular complexity index is 1060. The Morgan fingerprint density at radius 2 is 1.60 bits per heavy atom. The average molecular weight is 508 g/mol. The molecule has 0 bridgehead atoms. The number of aliphatic carboxylic acids is 1. The van der Waals surface area contributed by atoms with Gasteiger partial charge in [-0.3, -0.25) is 14.4 Å². The molecule has 8 N–H and O–H groups in total. The first-order chi connectivity index (χ1) is 16.5. The van der Waals surface area contributed by atoms with Crippen LogP contribution in [0.25, 0.3) is 10.9 Å². The number of carbonyl (C=O) groups is 4. The second-order valence-corrected chi connectivity index (χ2v) is 9.07. The SMILES string of the molecule is CC(C)C(NC(=O)C(NC(=O)C(N)Cc1c[nH]c2ccccc12)C(C)O)C(=O)NC(CS)C(=O)O. The van der Waals surface area contributed by atoms with Crippen LogP contribution in [0.5, 0.6) is 0 Å². The highest BCUT2D eigenvalue weighted by atomic mass is 32.1. The van der Waals surface area contributed by atoms with E-state index in [2.05, 4.69) is 33.6 Å². The zero-order chi connectivity index (χ0) is 26.3. The molecule has 0 aliphatic heterocycles. The summed E-state index contributed by atoms with van der Waals surface area (Å²) in [5.41, 5.74) is 7.81. The molecular formula is C23H33N5O6S. The number of carboxylic acids is 1. The fourth-order valence-corrected chi connectivity index (χ4v) is 3.77. The molecule has 12 heteroatoms. The van der Waals surface area contributed by atoms with Gasteiger partial charge in [-0.05, 0) is 30.9 Å². The molecule has 5 unspecified atom stereocenters. The molecule has 1 aromatic heterocycles. The maximum atomic E-state index is 12.9. The van der Waals surface area contributed by atoms with Crippen molar-refractivity contribution in [3.63, 3.8) is 0 Å². The van der Waals surface area contributed by atoms with Gasteiger partial charge >= 0.3 is 5.97 Å². The Morgan fingerprint density at radius 3 is 2.17 bits per heavy atom. The number of hydrogen-bond acceptors (Lipinski definition) is 7. The van der Waals surface area contributed by atoms with E-state index in [0.717, 1.165) is 16.5 Å². The number of amides is 3. The summed E-state index contributed by atoms with van der Waals surface area (Å²) in [5, 5.41) is 27.5. The van der Waals surface area contributed by atoms with Gasteiger partial charge in [0.25, 0.3) is 0 Å². The number of nitrogens with one attached hydrogen (secondary N) is 4. The van der Waals surface area contributed by atoms with Gasteiger partial charge in [0.15, 0.2) is 0 Å². The number of aliphatic hydroxyl groups excluding tert-OH is 1. The average Bonchev–Trinajstić information content (AvgIpc) is 3.20. The first kappa shape index (κ1) is 28.1. The van der Waals surface area contributed by atoms with Crippen LogP contribution in [0, 0.1) is 5.92 Å². The van der Waals surface area contributed by atoms with E-state index in [9.17, 15) is 24.3 Å². The first-order valence-electron chi connectivity index (χ1n) is 11.2. The van der Waals surface area contributed by atoms with E-state index in [1.54, 1.807) is 20.0 Å². The molecule has 1 heterocycles. The summed E-state index contributed by atoms with van der Waals surface area (Å²) in [5.74, 6) is -3.99. The normalized spacial score (nSPS) is 15.6. The molecule has 0 radical (unpaired) electrons. The fourth-order valence-electron chi connectivity index (χ4n) is 3.52. The van der Waals surface area contributed by atoms with E-state index in [4.69, 9.17) is 10.8 Å². The molecule has 11 nitrogen and oxygen atoms in total. The molecule has 2 aromatic rings. The molecule has 0 fully saturated rings. The molecule has 0 aliphatic rings. The number of para-hydroxylation sites is 1. The van der Waals surface area contributed by atoms with Crippen molar-refractivity contribution in [2.45, 2.75) is 57.5 Å². The van der Waals surface area contributed by atoms with Crippen LogP contribution in [0.3, 0.4) is 0 Å². The maximum absolute atomic E-state index is 12.9. The topological polar surface area (TPSA) is 187 Å². The minimum atomic E-state index is -1.38. The van der Waals surface area contributed by atoms with Crippen molar-refractivity contribution in [1.29, 1.82) is 0 Å². The van der Waals surface area contributed by atoms with Crippen molar-refractivity contribution >= 4 is 47.2 Å². The number of rotatable bonds is 12. The number of aromatic amines is 1. The summed E-state index contributed by atoms with van der Waals surface area (Å²) >= 11 is 3.91. The summed E-state index contributed by atoms with van der Waals surface area (Å²) < 4.78 is 0. The van der Waals surface area contributed by atoms with Gasteiger partial charge < -0.3 is 36.9 Å². The van der Waals surface area contributed by atoms with Crippen LogP contribution < -0.4 is 21.7 Å². The number of nitrogens with two attached hydrogens (primary N) is 1. The number of H-pyrrole nitrogens is 1. The van der Waals surface area contributed by atoms with Gasteiger partial charge in [-0.25, -0.2) is 4.79 Å². The predicted molar refractivity (Wildman–Crippen MR) is 134 cm³/mol. The van der Waals surface area contributed by atoms with Gasteiger partial charge in [-0.15, -0.1) is 0 Å². The molecule has 0 spiro atoms. The standard InChI is InChI=1S/C23H33N5O6S/c1-11(2)18(21(31)26-17(10-35)23(33)34)27-22(32)19(12(3)29)28-20(30)15(24)8-13-9-25-16-7-5-4-6-14(13)16/h4-7,9,11-12,15,17-19,25,29,35H,8,10,24H2,1-3H3,(H,26,31)(H,27,32)(H,28,30)(H,33,34). The molecule has 5 atom stereocenters. The number of fused-ring (bicyclic) bond motifs is 1. The number of hydrogen-bond donors (Lipinski definition) is 8. The van der Waals surface area contributed by atoms with Crippen molar-refractivity contribution in [2.75, 3.05) is 5.75 Å². The quantitative estimate of drug-likeness (QED) is 0.179. The van der Waals surface area contributed by atoms with Gasteiger partial charge in [0, 0.05) is 22.9 Å². The van der Waals surface area contributed by atoms with Crippen LogP contribution in [0.2, 0.25) is 0 Å². The molecule has 0 aliphatic carbocycles. The van der Waals surface area contributed by atoms with E-state index in [0.29, 0.717) is 0 Å². The summed E-state index contributed by atoms with van der Waals surface area (Å²) in [6.07, 6.45) is 0.665. The monoisotopic (exact) mass is 507 g/mol. The van der Waals surface area contributed by atoms with Crippen molar-refractivity contribution in [3.8, 4) is 0 Å². The van der Waals surface area contributed by atoms with Crippen molar-refractivity contribution < 1.29 is 29.4 Å². The molecule has 3 amide bonds. The summed E-state index contributed by atoms with van der Waals surface area (Å²) in [6.45, 7) is 4.64. The van der Waals surface area contributed by atoms with Gasteiger partial charge in [0.2, 0.25) is 17.7 Å². The van der Waals surface area contributed by atoms with Crippen molar-refractivity contribution in [2.24, 2.45) is 11.7 Å². The van der Waals surface area contributed by atoms with E-state index in [1.807, 2.05) is 24.3 Å². The molecule has 2 rings (SSSR count). The summed E-state index contributed by atoms with van der Waals surface area (Å²) in [6, 6.07) is 2.82. The minimum Gasteiger partial charge on any atom is -0.480 e. The number of carboxylic acid groups (broad SMARTS) is 1. The Labute approximate surface area is 208 Å². The van der Waals surface area contributed by atoms with E-state index < -0.39 is 59.9 Å². The zero-order valence-electron chi connectivity index (χ0n) is 19.8. The van der Waals surface area contributed by atoms with Gasteiger partial charge in [0.05, 0.1) is 12.1 Å². The Kier molecular flexibility index (Phi) is 10.1. The van der Waals surface area contributed by atoms with Crippen molar-refractivity contribution in [1.82, 2.24) is 20.9 Å². The fraction of sp³-hybridized carbons (Fsp3) is 0.478. The lowest BCUT2D eigenvalue weighted by Gasteiger charge is -2.28. The van der Waals surface area contributed by atoms with Crippen LogP contribution in [0.4, 0.5) is 0 Å². The van der Waals surface area contributed by atoms with Crippen LogP contribution in [-0.4, -0.2) is 74.9 Å². The lowest BCUT2D eigenvalue weighted by Crippen LogP contribution is -2.61. The molecule has 0 saturated carbocycles. The third-order valence-corrected chi connectivity index (χ3v) is 5.92. The van der Waals surface area contributed by atoms with Crippen LogP contribution >= 0.6 is 12.6 Å². The Morgan fingerprint density at radius 1 is 1.00 bits per heavy atom. The number of aromatic nitrogens is 1. The highest BCUT2D eigenvalue weighted by molar-refractivity contribution is 7.80. The maximum Gasteiger partial charge on any atom is 0.327 e. The first-order valence-corrected chi connectivity index (χ1v) is 11.8. The minimum absolute atomic E-state index is 0.138. The van der Waals surface area contributed by atoms with Crippen LogP contribution in [0.1, 0.15) is 26.3 Å². The largest absolute Gasteiger partial charge is 0.480 e. The molecular weight excluding hydrogens is 474 g/mol. The van der Waals surface area contributed by atoms with Gasteiger partial charge in [-0.1, -0.05) is 32.0 Å². The molecule has 35 heavy (non-hydrogen) atoms. The summed E-state index contributed by atoms with van der Waals surface area (Å²) in [4.78, 5) is 52.6. The van der Waals surface area contributed by atoms with E-state index in [-0.39, 0.29) is 12.2 Å². The van der Waals surface area contributed by atoms with Crippen molar-refractivity contribution in [3.05, 3.63) is 36.0 Å². The lowest BCUT2D eigenvalue weighted by atomic mass is 10.0. The highest BCUT2D eigenvalue weighted by Crippen LogP contribution is 2.18. The van der Waals surface area contributed by atoms with Gasteiger partial charge in [-0.2, -0.15) is 12.6 Å². The predicted octanol–water partition coefficient (Wildman–Crippen LogP) is -0.457. The number of benzene rings is 1. The number of aliphatic hydroxyl groups is 1. The highest BCUT2D eigenvalue weighted by Gasteiger charge is 2.33. The molecule has 0 saturated heterocycles. The second kappa shape index (κ2) is 12.6. The Hall–Kier alpha value is -3.09. The van der Waals surface area contributed by atoms with E-state index in [1.165, 1.54) is 6.92 Å².